The van der Waals surface area contributed by atoms with Gasteiger partial charge < -0.3 is 13.9 Å². The molecule has 0 saturated carbocycles. The molecule has 0 aliphatic rings. The summed E-state index contributed by atoms with van der Waals surface area (Å²) in [5.74, 6) is 0.127. The predicted molar refractivity (Wildman–Crippen MR) is 103 cm³/mol. The van der Waals surface area contributed by atoms with Crippen molar-refractivity contribution in [3.05, 3.63) is 58.3 Å². The molecule has 3 rings (SSSR count). The van der Waals surface area contributed by atoms with Crippen LogP contribution in [-0.4, -0.2) is 29.9 Å². The molecule has 0 N–H and O–H groups in total. The summed E-state index contributed by atoms with van der Waals surface area (Å²) >= 11 is 3.46. The highest BCUT2D eigenvalue weighted by atomic mass is 79.9. The van der Waals surface area contributed by atoms with E-state index in [0.29, 0.717) is 40.3 Å². The molecule has 0 unspecified atom stereocenters. The minimum absolute atomic E-state index is 0.246. The van der Waals surface area contributed by atoms with Gasteiger partial charge in [0.05, 0.1) is 30.0 Å². The lowest BCUT2D eigenvalue weighted by Crippen LogP contribution is -2.06. The van der Waals surface area contributed by atoms with Gasteiger partial charge in [-0.05, 0) is 44.2 Å². The Morgan fingerprint density at radius 1 is 1.19 bits per heavy atom. The van der Waals surface area contributed by atoms with Gasteiger partial charge in [-0.2, -0.15) is 0 Å². The number of halogens is 1. The number of carbonyl (C=O) groups is 2. The molecule has 6 heteroatoms. The number of carbonyl (C=O) groups excluding carboxylic acids is 2. The zero-order chi connectivity index (χ0) is 18.7. The summed E-state index contributed by atoms with van der Waals surface area (Å²) in [5.41, 5.74) is 2.52. The van der Waals surface area contributed by atoms with E-state index in [9.17, 15) is 9.59 Å². The van der Waals surface area contributed by atoms with Crippen LogP contribution in [0.5, 0.6) is 5.75 Å². The van der Waals surface area contributed by atoms with E-state index in [1.165, 1.54) is 0 Å². The largest absolute Gasteiger partial charge is 0.493 e. The molecule has 0 radical (unpaired) electrons. The zero-order valence-corrected chi connectivity index (χ0v) is 16.1. The van der Waals surface area contributed by atoms with Gasteiger partial charge in [-0.25, -0.2) is 4.79 Å². The molecule has 2 aromatic heterocycles. The van der Waals surface area contributed by atoms with Crippen LogP contribution in [0.2, 0.25) is 0 Å². The molecule has 0 atom stereocenters. The van der Waals surface area contributed by atoms with Gasteiger partial charge in [0.2, 0.25) is 0 Å². The van der Waals surface area contributed by atoms with Crippen molar-refractivity contribution in [2.45, 2.75) is 13.8 Å². The number of nitrogens with zero attached hydrogens (tertiary/aromatic N) is 1. The number of esters is 1. The Morgan fingerprint density at radius 3 is 2.69 bits per heavy atom. The predicted octanol–water partition coefficient (Wildman–Crippen LogP) is 4.76. The first-order chi connectivity index (χ1) is 12.6. The number of fused-ring (bicyclic) bond motifs is 1. The minimum Gasteiger partial charge on any atom is -0.493 e. The van der Waals surface area contributed by atoms with Gasteiger partial charge in [-0.3, -0.25) is 4.79 Å². The number of aromatic nitrogens is 1. The number of hydrogen-bond donors (Lipinski definition) is 0. The highest BCUT2D eigenvalue weighted by Gasteiger charge is 2.27. The van der Waals surface area contributed by atoms with E-state index in [1.807, 2.05) is 37.3 Å². The molecule has 0 saturated heterocycles. The number of pyridine rings is 1. The van der Waals surface area contributed by atoms with Crippen molar-refractivity contribution in [2.75, 3.05) is 13.2 Å². The van der Waals surface area contributed by atoms with E-state index in [0.717, 1.165) is 10.8 Å². The van der Waals surface area contributed by atoms with E-state index in [2.05, 4.69) is 15.9 Å². The molecule has 0 amide bonds. The fourth-order valence-corrected chi connectivity index (χ4v) is 3.37. The van der Waals surface area contributed by atoms with Crippen molar-refractivity contribution in [1.82, 2.24) is 4.40 Å². The van der Waals surface area contributed by atoms with Crippen molar-refractivity contribution >= 4 is 33.7 Å². The first-order valence-electron chi connectivity index (χ1n) is 8.30. The van der Waals surface area contributed by atoms with Gasteiger partial charge in [0, 0.05) is 21.8 Å². The average Bonchev–Trinajstić information content (AvgIpc) is 2.97. The maximum absolute atomic E-state index is 12.7. The topological polar surface area (TPSA) is 57.0 Å². The Kier molecular flexibility index (Phi) is 5.42. The van der Waals surface area contributed by atoms with Crippen LogP contribution in [0.1, 0.15) is 34.7 Å². The minimum atomic E-state index is -0.471. The summed E-state index contributed by atoms with van der Waals surface area (Å²) in [6, 6.07) is 10.9. The maximum Gasteiger partial charge on any atom is 0.340 e. The Morgan fingerprint density at radius 2 is 2.00 bits per heavy atom. The Balaban J connectivity index is 2.42. The molecule has 0 aliphatic heterocycles. The van der Waals surface area contributed by atoms with Gasteiger partial charge in [0.15, 0.2) is 6.29 Å². The molecule has 0 aliphatic carbocycles. The first kappa shape index (κ1) is 18.2. The average molecular weight is 416 g/mol. The van der Waals surface area contributed by atoms with Crippen LogP contribution in [-0.2, 0) is 4.74 Å². The lowest BCUT2D eigenvalue weighted by molar-refractivity contribution is 0.0529. The van der Waals surface area contributed by atoms with Crippen LogP contribution >= 0.6 is 15.9 Å². The van der Waals surface area contributed by atoms with E-state index >= 15 is 0 Å². The second-order valence-electron chi connectivity index (χ2n) is 5.50. The van der Waals surface area contributed by atoms with Crippen LogP contribution < -0.4 is 4.74 Å². The first-order valence-corrected chi connectivity index (χ1v) is 9.09. The SMILES string of the molecule is CCOC(=O)c1c(-c2cc(Br)ccc2OCC)c(C=O)n2ccccc12. The monoisotopic (exact) mass is 415 g/mol. The molecule has 1 aromatic carbocycles. The van der Waals surface area contributed by atoms with Gasteiger partial charge in [-0.1, -0.05) is 22.0 Å². The summed E-state index contributed by atoms with van der Waals surface area (Å²) in [6.07, 6.45) is 2.51. The highest BCUT2D eigenvalue weighted by molar-refractivity contribution is 9.10. The van der Waals surface area contributed by atoms with Crippen molar-refractivity contribution in [1.29, 1.82) is 0 Å². The van der Waals surface area contributed by atoms with E-state index in [1.54, 1.807) is 23.6 Å². The summed E-state index contributed by atoms with van der Waals surface area (Å²) < 4.78 is 13.5. The van der Waals surface area contributed by atoms with Crippen LogP contribution in [0, 0.1) is 0 Å². The quantitative estimate of drug-likeness (QED) is 0.430. The van der Waals surface area contributed by atoms with Crippen molar-refractivity contribution in [3.8, 4) is 16.9 Å². The normalized spacial score (nSPS) is 10.7. The molecule has 26 heavy (non-hydrogen) atoms. The molecule has 0 spiro atoms. The Bertz CT molecular complexity index is 977. The number of hydrogen-bond acceptors (Lipinski definition) is 4. The molecule has 0 fully saturated rings. The summed E-state index contributed by atoms with van der Waals surface area (Å²) in [4.78, 5) is 24.7. The summed E-state index contributed by atoms with van der Waals surface area (Å²) in [6.45, 7) is 4.35. The van der Waals surface area contributed by atoms with Gasteiger partial charge >= 0.3 is 5.97 Å². The Labute approximate surface area is 159 Å². The third kappa shape index (κ3) is 3.12. The van der Waals surface area contributed by atoms with Crippen LogP contribution in [0.3, 0.4) is 0 Å². The molecule has 3 aromatic rings. The Hall–Kier alpha value is -2.60. The fourth-order valence-electron chi connectivity index (χ4n) is 3.01. The van der Waals surface area contributed by atoms with Gasteiger partial charge in [0.1, 0.15) is 5.75 Å². The molecule has 5 nitrogen and oxygen atoms in total. The van der Waals surface area contributed by atoms with Crippen molar-refractivity contribution < 1.29 is 19.1 Å². The van der Waals surface area contributed by atoms with E-state index in [4.69, 9.17) is 9.47 Å². The van der Waals surface area contributed by atoms with E-state index < -0.39 is 5.97 Å². The van der Waals surface area contributed by atoms with Gasteiger partial charge in [-0.15, -0.1) is 0 Å². The highest BCUT2D eigenvalue weighted by Crippen LogP contribution is 2.39. The van der Waals surface area contributed by atoms with Crippen LogP contribution in [0.4, 0.5) is 0 Å². The van der Waals surface area contributed by atoms with Gasteiger partial charge in [0.25, 0.3) is 0 Å². The standard InChI is InChI=1S/C20H18BrNO4/c1-3-25-17-9-8-13(21)11-14(17)18-16(12-23)22-10-6-5-7-15(22)19(18)20(24)26-4-2/h5-12H,3-4H2,1-2H3. The van der Waals surface area contributed by atoms with Crippen LogP contribution in [0.15, 0.2) is 47.1 Å². The third-order valence-corrected chi connectivity index (χ3v) is 4.48. The second kappa shape index (κ2) is 7.74. The van der Waals surface area contributed by atoms with Crippen LogP contribution in [0.25, 0.3) is 16.6 Å². The third-order valence-electron chi connectivity index (χ3n) is 3.98. The number of aldehydes is 1. The van der Waals surface area contributed by atoms with E-state index in [-0.39, 0.29) is 6.61 Å². The van der Waals surface area contributed by atoms with Crippen molar-refractivity contribution in [2.24, 2.45) is 0 Å². The molecular weight excluding hydrogens is 398 g/mol. The smallest absolute Gasteiger partial charge is 0.340 e. The second-order valence-corrected chi connectivity index (χ2v) is 6.42. The molecule has 0 bridgehead atoms. The fraction of sp³-hybridized carbons (Fsp3) is 0.200. The molecular formula is C20H18BrNO4. The number of benzene rings is 1. The summed E-state index contributed by atoms with van der Waals surface area (Å²) in [5, 5.41) is 0. The van der Waals surface area contributed by atoms with Crippen molar-refractivity contribution in [3.63, 3.8) is 0 Å². The maximum atomic E-state index is 12.7. The number of ether oxygens (including phenoxy) is 2. The lowest BCUT2D eigenvalue weighted by atomic mass is 9.99. The molecule has 2 heterocycles. The lowest BCUT2D eigenvalue weighted by Gasteiger charge is -2.12. The molecule has 134 valence electrons. The summed E-state index contributed by atoms with van der Waals surface area (Å²) in [7, 11) is 0. The number of rotatable bonds is 6. The zero-order valence-electron chi connectivity index (χ0n) is 14.5.